The van der Waals surface area contributed by atoms with E-state index >= 15 is 0 Å². The Morgan fingerprint density at radius 1 is 0.180 bits per heavy atom. The highest BCUT2D eigenvalue weighted by Gasteiger charge is 2.18. The lowest BCUT2D eigenvalue weighted by Gasteiger charge is -2.29. The number of anilines is 9. The average Bonchev–Trinajstić information content (AvgIpc) is 3.14. The fraction of sp³-hybridized carbons (Fsp3) is 0.106. The summed E-state index contributed by atoms with van der Waals surface area (Å²) in [5.74, 6) is 0. The number of hydrogen-bond donors (Lipinski definition) is 0. The summed E-state index contributed by atoms with van der Waals surface area (Å²) < 4.78 is 0. The average molecular weight is 650 g/mol. The molecule has 0 unspecified atom stereocenters. The first-order valence-corrected chi connectivity index (χ1v) is 17.3. The van der Waals surface area contributed by atoms with Crippen LogP contribution in [0.3, 0.4) is 0 Å². The Bertz CT molecular complexity index is 1920. The van der Waals surface area contributed by atoms with Crippen LogP contribution in [-0.2, 0) is 0 Å². The van der Waals surface area contributed by atoms with Crippen LogP contribution in [0.15, 0.2) is 170 Å². The monoisotopic (exact) mass is 649 g/mol. The fourth-order valence-electron chi connectivity index (χ4n) is 6.31. The molecule has 0 aliphatic carbocycles. The smallest absolute Gasteiger partial charge is 0.0463 e. The second-order valence-electron chi connectivity index (χ2n) is 13.2. The molecule has 7 rings (SSSR count). The molecular weight excluding hydrogens is 607 g/mol. The van der Waals surface area contributed by atoms with E-state index in [2.05, 4.69) is 219 Å². The Kier molecular flexibility index (Phi) is 9.22. The number of rotatable bonds is 9. The Hall–Kier alpha value is -6.06. The van der Waals surface area contributed by atoms with Crippen LogP contribution in [0.5, 0.6) is 0 Å². The van der Waals surface area contributed by atoms with E-state index in [-0.39, 0.29) is 0 Å². The van der Waals surface area contributed by atoms with Crippen LogP contribution in [0.1, 0.15) is 27.8 Å². The van der Waals surface area contributed by atoms with Crippen molar-refractivity contribution in [1.82, 2.24) is 0 Å². The van der Waals surface area contributed by atoms with Gasteiger partial charge in [0.05, 0.1) is 0 Å². The summed E-state index contributed by atoms with van der Waals surface area (Å²) in [5.41, 5.74) is 16.2. The van der Waals surface area contributed by atoms with Crippen molar-refractivity contribution in [2.24, 2.45) is 0 Å². The molecule has 0 saturated heterocycles. The van der Waals surface area contributed by atoms with Crippen molar-refractivity contribution in [3.63, 3.8) is 0 Å². The molecule has 7 aromatic rings. The lowest BCUT2D eigenvalue weighted by atomic mass is 10.1. The van der Waals surface area contributed by atoms with Gasteiger partial charge in [-0.25, -0.2) is 0 Å². The van der Waals surface area contributed by atoms with E-state index in [1.165, 1.54) is 27.8 Å². The van der Waals surface area contributed by atoms with Crippen LogP contribution in [0.4, 0.5) is 51.2 Å². The second kappa shape index (κ2) is 14.2. The largest absolute Gasteiger partial charge is 0.311 e. The summed E-state index contributed by atoms with van der Waals surface area (Å²) in [7, 11) is 0. The third kappa shape index (κ3) is 7.04. The van der Waals surface area contributed by atoms with Crippen molar-refractivity contribution in [1.29, 1.82) is 0 Å². The summed E-state index contributed by atoms with van der Waals surface area (Å²) in [4.78, 5) is 6.97. The molecule has 0 atom stereocenters. The first-order valence-electron chi connectivity index (χ1n) is 17.3. The van der Waals surface area contributed by atoms with E-state index in [4.69, 9.17) is 0 Å². The Morgan fingerprint density at radius 3 is 0.400 bits per heavy atom. The number of benzene rings is 7. The number of hydrogen-bond acceptors (Lipinski definition) is 3. The molecule has 0 fully saturated rings. The maximum Gasteiger partial charge on any atom is 0.0463 e. The Balaban J connectivity index is 1.28. The zero-order valence-electron chi connectivity index (χ0n) is 29.5. The molecule has 50 heavy (non-hydrogen) atoms. The van der Waals surface area contributed by atoms with E-state index in [0.717, 1.165) is 51.2 Å². The first kappa shape index (κ1) is 32.5. The summed E-state index contributed by atoms with van der Waals surface area (Å²) in [6.45, 7) is 10.6. The van der Waals surface area contributed by atoms with Gasteiger partial charge in [-0.15, -0.1) is 0 Å². The molecule has 246 valence electrons. The minimum Gasteiger partial charge on any atom is -0.311 e. The molecule has 0 N–H and O–H groups in total. The van der Waals surface area contributed by atoms with Gasteiger partial charge >= 0.3 is 0 Å². The van der Waals surface area contributed by atoms with E-state index in [0.29, 0.717) is 0 Å². The molecule has 0 aromatic heterocycles. The highest BCUT2D eigenvalue weighted by molar-refractivity contribution is 5.83. The van der Waals surface area contributed by atoms with Crippen LogP contribution in [0.2, 0.25) is 0 Å². The van der Waals surface area contributed by atoms with Crippen molar-refractivity contribution in [3.8, 4) is 0 Å². The molecule has 0 saturated carbocycles. The van der Waals surface area contributed by atoms with Gasteiger partial charge < -0.3 is 14.7 Å². The third-order valence-electron chi connectivity index (χ3n) is 9.19. The number of nitrogens with zero attached hydrogens (tertiary/aromatic N) is 3. The molecule has 0 heterocycles. The van der Waals surface area contributed by atoms with E-state index < -0.39 is 0 Å². The third-order valence-corrected chi connectivity index (χ3v) is 9.19. The standard InChI is InChI=1S/C47H43N3/c1-34-6-16-39(17-7-34)48(40-18-8-35(2)9-19-40)44-26-30-46(31-27-44)50(43-24-14-38(5)15-25-43)47-32-28-45(29-33-47)49(41-20-10-36(3)11-21-41)42-22-12-37(4)13-23-42/h6-33H,1-5H3. The van der Waals surface area contributed by atoms with E-state index in [9.17, 15) is 0 Å². The van der Waals surface area contributed by atoms with Crippen molar-refractivity contribution in [2.75, 3.05) is 14.7 Å². The Morgan fingerprint density at radius 2 is 0.280 bits per heavy atom. The molecule has 0 radical (unpaired) electrons. The maximum absolute atomic E-state index is 2.33. The van der Waals surface area contributed by atoms with Gasteiger partial charge in [0.2, 0.25) is 0 Å². The normalized spacial score (nSPS) is 10.9. The molecule has 0 spiro atoms. The fourth-order valence-corrected chi connectivity index (χ4v) is 6.31. The van der Waals surface area contributed by atoms with E-state index in [1.54, 1.807) is 0 Å². The van der Waals surface area contributed by atoms with Crippen molar-refractivity contribution < 1.29 is 0 Å². The molecule has 0 aliphatic heterocycles. The second-order valence-corrected chi connectivity index (χ2v) is 13.2. The van der Waals surface area contributed by atoms with Crippen LogP contribution >= 0.6 is 0 Å². The molecule has 0 bridgehead atoms. The molecule has 0 aliphatic rings. The minimum absolute atomic E-state index is 1.09. The summed E-state index contributed by atoms with van der Waals surface area (Å²) >= 11 is 0. The first-order chi connectivity index (χ1) is 24.3. The summed E-state index contributed by atoms with van der Waals surface area (Å²) in [6, 6.07) is 61.5. The maximum atomic E-state index is 2.33. The van der Waals surface area contributed by atoms with Gasteiger partial charge in [0, 0.05) is 51.2 Å². The highest BCUT2D eigenvalue weighted by Crippen LogP contribution is 2.41. The van der Waals surface area contributed by atoms with Gasteiger partial charge in [-0.2, -0.15) is 0 Å². The van der Waals surface area contributed by atoms with Crippen molar-refractivity contribution >= 4 is 51.2 Å². The van der Waals surface area contributed by atoms with Crippen LogP contribution in [0, 0.1) is 34.6 Å². The van der Waals surface area contributed by atoms with Crippen LogP contribution in [0.25, 0.3) is 0 Å². The van der Waals surface area contributed by atoms with Crippen LogP contribution in [-0.4, -0.2) is 0 Å². The molecule has 3 nitrogen and oxygen atoms in total. The predicted octanol–water partition coefficient (Wildman–Crippen LogP) is 13.6. The quantitative estimate of drug-likeness (QED) is 0.154. The van der Waals surface area contributed by atoms with Gasteiger partial charge in [0.15, 0.2) is 0 Å². The van der Waals surface area contributed by atoms with Gasteiger partial charge in [0.1, 0.15) is 0 Å². The molecule has 3 heteroatoms. The molecular formula is C47H43N3. The molecule has 7 aromatic carbocycles. The topological polar surface area (TPSA) is 9.72 Å². The van der Waals surface area contributed by atoms with E-state index in [1.807, 2.05) is 0 Å². The van der Waals surface area contributed by atoms with Crippen LogP contribution < -0.4 is 14.7 Å². The zero-order valence-corrected chi connectivity index (χ0v) is 29.5. The number of aryl methyl sites for hydroxylation is 5. The Labute approximate surface area is 297 Å². The summed E-state index contributed by atoms with van der Waals surface area (Å²) in [6.07, 6.45) is 0. The SMILES string of the molecule is Cc1ccc(N(c2ccc(C)cc2)c2ccc(N(c3ccc(C)cc3)c3ccc(N(c4ccc(C)cc4)c4ccc(C)cc4)cc3)cc2)cc1. The zero-order chi connectivity index (χ0) is 34.6. The minimum atomic E-state index is 1.09. The van der Waals surface area contributed by atoms with Gasteiger partial charge in [-0.05, 0) is 144 Å². The van der Waals surface area contributed by atoms with Gasteiger partial charge in [-0.3, -0.25) is 0 Å². The van der Waals surface area contributed by atoms with Gasteiger partial charge in [0.25, 0.3) is 0 Å². The highest BCUT2D eigenvalue weighted by atomic mass is 15.2. The molecule has 0 amide bonds. The van der Waals surface area contributed by atoms with Crippen molar-refractivity contribution in [3.05, 3.63) is 198 Å². The predicted molar refractivity (Wildman–Crippen MR) is 214 cm³/mol. The lowest BCUT2D eigenvalue weighted by molar-refractivity contribution is 1.24. The lowest BCUT2D eigenvalue weighted by Crippen LogP contribution is -2.13. The van der Waals surface area contributed by atoms with Gasteiger partial charge in [-0.1, -0.05) is 88.5 Å². The summed E-state index contributed by atoms with van der Waals surface area (Å²) in [5, 5.41) is 0. The van der Waals surface area contributed by atoms with Crippen molar-refractivity contribution in [2.45, 2.75) is 34.6 Å².